The lowest BCUT2D eigenvalue weighted by molar-refractivity contribution is -0.109. The molecule has 0 aliphatic carbocycles. The molecule has 4 nitrogen and oxygen atoms in total. The number of ether oxygens (including phenoxy) is 1. The Bertz CT molecular complexity index is 254. The predicted octanol–water partition coefficient (Wildman–Crippen LogP) is 0.338. The van der Waals surface area contributed by atoms with Crippen LogP contribution in [0.25, 0.3) is 0 Å². The first kappa shape index (κ1) is 12.3. The van der Waals surface area contributed by atoms with Gasteiger partial charge in [-0.3, -0.25) is 0 Å². The molecule has 2 bridgehead atoms. The van der Waals surface area contributed by atoms with Gasteiger partial charge in [0, 0.05) is 19.2 Å². The fourth-order valence-electron chi connectivity index (χ4n) is 3.35. The summed E-state index contributed by atoms with van der Waals surface area (Å²) in [7, 11) is 3.80. The van der Waals surface area contributed by atoms with Crippen molar-refractivity contribution < 1.29 is 9.84 Å². The molecule has 16 heavy (non-hydrogen) atoms. The maximum atomic E-state index is 10.8. The second-order valence-electron chi connectivity index (χ2n) is 5.84. The Hall–Kier alpha value is -0.160. The molecule has 3 atom stereocenters. The third-order valence-electron chi connectivity index (χ3n) is 4.64. The molecule has 0 spiro atoms. The normalized spacial score (nSPS) is 43.3. The van der Waals surface area contributed by atoms with Crippen LogP contribution in [0.2, 0.25) is 0 Å². The number of aliphatic hydroxyl groups is 1. The highest BCUT2D eigenvalue weighted by atomic mass is 16.5. The van der Waals surface area contributed by atoms with Gasteiger partial charge in [0.15, 0.2) is 0 Å². The van der Waals surface area contributed by atoms with Gasteiger partial charge in [0.2, 0.25) is 0 Å². The zero-order valence-corrected chi connectivity index (χ0v) is 10.6. The Balaban J connectivity index is 2.15. The van der Waals surface area contributed by atoms with Crippen molar-refractivity contribution in [1.29, 1.82) is 0 Å². The molecule has 0 saturated carbocycles. The highest BCUT2D eigenvalue weighted by Crippen LogP contribution is 2.43. The molecule has 2 rings (SSSR count). The molecular weight excluding hydrogens is 204 g/mol. The quantitative estimate of drug-likeness (QED) is 0.731. The van der Waals surface area contributed by atoms with Crippen LogP contribution < -0.4 is 5.73 Å². The van der Waals surface area contributed by atoms with Crippen molar-refractivity contribution in [3.8, 4) is 0 Å². The topological polar surface area (TPSA) is 58.7 Å². The average molecular weight is 228 g/mol. The molecule has 0 aromatic carbocycles. The molecule has 4 heteroatoms. The minimum absolute atomic E-state index is 0.409. The average Bonchev–Trinajstić information content (AvgIpc) is 2.44. The summed E-state index contributed by atoms with van der Waals surface area (Å²) in [6, 6.07) is 0.979. The standard InChI is InChI=1S/C12H24N2O2/c1-11(13,8-16-3)12(15)6-9-4-5-10(7-12)14(9)2/h9-10,15H,4-8,13H2,1-3H3. The Morgan fingerprint density at radius 3 is 2.38 bits per heavy atom. The van der Waals surface area contributed by atoms with Crippen LogP contribution in [0, 0.1) is 0 Å². The van der Waals surface area contributed by atoms with Crippen LogP contribution in [-0.4, -0.2) is 54.0 Å². The van der Waals surface area contributed by atoms with Crippen molar-refractivity contribution in [2.24, 2.45) is 5.73 Å². The molecule has 94 valence electrons. The van der Waals surface area contributed by atoms with Gasteiger partial charge in [-0.25, -0.2) is 0 Å². The summed E-state index contributed by atoms with van der Waals surface area (Å²) in [5.74, 6) is 0. The smallest absolute Gasteiger partial charge is 0.0875 e. The number of nitrogens with zero attached hydrogens (tertiary/aromatic N) is 1. The molecule has 2 aliphatic rings. The molecule has 3 unspecified atom stereocenters. The van der Waals surface area contributed by atoms with Crippen molar-refractivity contribution >= 4 is 0 Å². The van der Waals surface area contributed by atoms with Crippen molar-refractivity contribution in [3.05, 3.63) is 0 Å². The maximum Gasteiger partial charge on any atom is 0.0875 e. The van der Waals surface area contributed by atoms with Crippen LogP contribution in [0.5, 0.6) is 0 Å². The predicted molar refractivity (Wildman–Crippen MR) is 63.2 cm³/mol. The van der Waals surface area contributed by atoms with Crippen molar-refractivity contribution in [3.63, 3.8) is 0 Å². The van der Waals surface area contributed by atoms with Crippen molar-refractivity contribution in [2.75, 3.05) is 20.8 Å². The van der Waals surface area contributed by atoms with E-state index in [1.807, 2.05) is 6.92 Å². The zero-order valence-electron chi connectivity index (χ0n) is 10.6. The SMILES string of the molecule is COCC(C)(N)C1(O)CC2CCC(C1)N2C. The van der Waals surface area contributed by atoms with E-state index in [9.17, 15) is 5.11 Å². The van der Waals surface area contributed by atoms with Crippen LogP contribution in [0.1, 0.15) is 32.6 Å². The summed E-state index contributed by atoms with van der Waals surface area (Å²) in [4.78, 5) is 2.40. The number of methoxy groups -OCH3 is 1. The second kappa shape index (κ2) is 3.95. The summed E-state index contributed by atoms with van der Waals surface area (Å²) in [6.07, 6.45) is 3.92. The van der Waals surface area contributed by atoms with E-state index in [1.165, 1.54) is 12.8 Å². The van der Waals surface area contributed by atoms with Gasteiger partial charge in [0.1, 0.15) is 0 Å². The summed E-state index contributed by atoms with van der Waals surface area (Å²) in [5, 5.41) is 10.8. The van der Waals surface area contributed by atoms with Gasteiger partial charge >= 0.3 is 0 Å². The van der Waals surface area contributed by atoms with E-state index in [0.29, 0.717) is 18.7 Å². The van der Waals surface area contributed by atoms with E-state index < -0.39 is 11.1 Å². The largest absolute Gasteiger partial charge is 0.388 e. The number of hydrogen-bond acceptors (Lipinski definition) is 4. The van der Waals surface area contributed by atoms with Gasteiger partial charge in [0.05, 0.1) is 17.7 Å². The molecule has 2 saturated heterocycles. The fourth-order valence-corrected chi connectivity index (χ4v) is 3.35. The lowest BCUT2D eigenvalue weighted by Gasteiger charge is -2.49. The lowest BCUT2D eigenvalue weighted by Crippen LogP contribution is -2.66. The Morgan fingerprint density at radius 2 is 1.94 bits per heavy atom. The van der Waals surface area contributed by atoms with Crippen LogP contribution in [0.15, 0.2) is 0 Å². The van der Waals surface area contributed by atoms with E-state index in [0.717, 1.165) is 12.8 Å². The number of hydrogen-bond donors (Lipinski definition) is 2. The van der Waals surface area contributed by atoms with Crippen LogP contribution in [0.4, 0.5) is 0 Å². The summed E-state index contributed by atoms with van der Waals surface area (Å²) in [6.45, 7) is 2.31. The molecule has 3 N–H and O–H groups in total. The second-order valence-corrected chi connectivity index (χ2v) is 5.84. The molecule has 0 aromatic rings. The minimum Gasteiger partial charge on any atom is -0.388 e. The van der Waals surface area contributed by atoms with Crippen LogP contribution in [0.3, 0.4) is 0 Å². The van der Waals surface area contributed by atoms with Gasteiger partial charge in [-0.15, -0.1) is 0 Å². The number of rotatable bonds is 3. The van der Waals surface area contributed by atoms with Gasteiger partial charge in [-0.1, -0.05) is 0 Å². The van der Waals surface area contributed by atoms with Gasteiger partial charge in [-0.2, -0.15) is 0 Å². The summed E-state index contributed by atoms with van der Waals surface area (Å²) >= 11 is 0. The van der Waals surface area contributed by atoms with Crippen molar-refractivity contribution in [1.82, 2.24) is 4.90 Å². The highest BCUT2D eigenvalue weighted by molar-refractivity contribution is 5.10. The first-order chi connectivity index (χ1) is 7.39. The first-order valence-corrected chi connectivity index (χ1v) is 6.12. The molecule has 2 fully saturated rings. The van der Waals surface area contributed by atoms with Gasteiger partial charge < -0.3 is 20.5 Å². The highest BCUT2D eigenvalue weighted by Gasteiger charge is 2.53. The summed E-state index contributed by atoms with van der Waals surface area (Å²) < 4.78 is 5.14. The monoisotopic (exact) mass is 228 g/mol. The van der Waals surface area contributed by atoms with E-state index >= 15 is 0 Å². The molecule has 0 radical (unpaired) electrons. The van der Waals surface area contributed by atoms with Crippen LogP contribution >= 0.6 is 0 Å². The molecule has 0 amide bonds. The maximum absolute atomic E-state index is 10.8. The number of nitrogens with two attached hydrogens (primary N) is 1. The summed E-state index contributed by atoms with van der Waals surface area (Å²) in [5.41, 5.74) is 4.82. The van der Waals surface area contributed by atoms with E-state index in [-0.39, 0.29) is 0 Å². The van der Waals surface area contributed by atoms with E-state index in [1.54, 1.807) is 7.11 Å². The third-order valence-corrected chi connectivity index (χ3v) is 4.64. The number of piperidine rings is 1. The molecular formula is C12H24N2O2. The Morgan fingerprint density at radius 1 is 1.44 bits per heavy atom. The number of fused-ring (bicyclic) bond motifs is 2. The third kappa shape index (κ3) is 1.78. The van der Waals surface area contributed by atoms with Gasteiger partial charge in [-0.05, 0) is 39.7 Å². The van der Waals surface area contributed by atoms with Crippen LogP contribution in [-0.2, 0) is 4.74 Å². The zero-order chi connectivity index (χ0) is 12.0. The Labute approximate surface area is 97.7 Å². The van der Waals surface area contributed by atoms with Crippen molar-refractivity contribution in [2.45, 2.75) is 55.8 Å². The molecule has 0 aromatic heterocycles. The van der Waals surface area contributed by atoms with E-state index in [2.05, 4.69) is 11.9 Å². The van der Waals surface area contributed by atoms with E-state index in [4.69, 9.17) is 10.5 Å². The molecule has 2 heterocycles. The fraction of sp³-hybridized carbons (Fsp3) is 1.00. The minimum atomic E-state index is -0.776. The lowest BCUT2D eigenvalue weighted by atomic mass is 9.73. The molecule has 2 aliphatic heterocycles. The Kier molecular flexibility index (Phi) is 3.03. The van der Waals surface area contributed by atoms with Gasteiger partial charge in [0.25, 0.3) is 0 Å². The first-order valence-electron chi connectivity index (χ1n) is 6.12.